The summed E-state index contributed by atoms with van der Waals surface area (Å²) in [6, 6.07) is 21.9. The number of nitrogens with one attached hydrogen (secondary N) is 1. The molecule has 4 rings (SSSR count). The highest BCUT2D eigenvalue weighted by atomic mass is 28.3. The number of carbonyl (C=O) groups is 1. The minimum absolute atomic E-state index is 0.145. The Labute approximate surface area is 151 Å². The van der Waals surface area contributed by atoms with Gasteiger partial charge < -0.3 is 5.32 Å². The molecule has 0 radical (unpaired) electrons. The monoisotopic (exact) mass is 347 g/mol. The Morgan fingerprint density at radius 1 is 0.920 bits per heavy atom. The molecule has 1 fully saturated rings. The summed E-state index contributed by atoms with van der Waals surface area (Å²) in [6.45, 7) is 4.91. The van der Waals surface area contributed by atoms with Gasteiger partial charge in [0.05, 0.1) is 8.07 Å². The Bertz CT molecular complexity index is 745. The van der Waals surface area contributed by atoms with Crippen LogP contribution >= 0.6 is 0 Å². The molecule has 1 saturated heterocycles. The molecule has 2 nitrogen and oxygen atoms in total. The molecular weight excluding hydrogens is 322 g/mol. The van der Waals surface area contributed by atoms with Crippen molar-refractivity contribution in [3.05, 3.63) is 83.9 Å². The van der Waals surface area contributed by atoms with Crippen molar-refractivity contribution in [1.29, 1.82) is 0 Å². The van der Waals surface area contributed by atoms with Crippen molar-refractivity contribution in [2.24, 2.45) is 5.92 Å². The highest BCUT2D eigenvalue weighted by molar-refractivity contribution is 6.81. The molecule has 1 heterocycles. The Kier molecular flexibility index (Phi) is 4.12. The Morgan fingerprint density at radius 2 is 1.48 bits per heavy atom. The van der Waals surface area contributed by atoms with Gasteiger partial charge in [-0.25, -0.2) is 0 Å². The summed E-state index contributed by atoms with van der Waals surface area (Å²) in [5.41, 5.74) is 3.50. The van der Waals surface area contributed by atoms with Crippen LogP contribution in [0.3, 0.4) is 0 Å². The second-order valence-corrected chi connectivity index (χ2v) is 12.8. The van der Waals surface area contributed by atoms with Crippen molar-refractivity contribution in [3.8, 4) is 0 Å². The number of hydrogen-bond acceptors (Lipinski definition) is 1. The van der Waals surface area contributed by atoms with Crippen molar-refractivity contribution >= 4 is 14.0 Å². The number of amides is 1. The molecule has 0 aromatic heterocycles. The number of rotatable bonds is 4. The molecule has 2 aromatic carbocycles. The molecule has 3 heteroatoms. The van der Waals surface area contributed by atoms with E-state index in [1.165, 1.54) is 11.1 Å². The highest BCUT2D eigenvalue weighted by Crippen LogP contribution is 2.48. The number of hydrogen-bond donors (Lipinski definition) is 1. The van der Waals surface area contributed by atoms with Crippen LogP contribution in [0.1, 0.15) is 23.1 Å². The quantitative estimate of drug-likeness (QED) is 0.640. The molecule has 128 valence electrons. The summed E-state index contributed by atoms with van der Waals surface area (Å²) in [5, 5.41) is 3.13. The second kappa shape index (κ2) is 6.30. The maximum absolute atomic E-state index is 12.5. The predicted octanol–water partition coefficient (Wildman–Crippen LogP) is 4.51. The Hall–Kier alpha value is -2.13. The van der Waals surface area contributed by atoms with Gasteiger partial charge in [0.2, 0.25) is 5.91 Å². The Balaban J connectivity index is 1.80. The first kappa shape index (κ1) is 16.3. The van der Waals surface area contributed by atoms with Gasteiger partial charge in [0.15, 0.2) is 0 Å². The van der Waals surface area contributed by atoms with E-state index in [2.05, 4.69) is 91.2 Å². The molecule has 0 unspecified atom stereocenters. The molecule has 2 aliphatic rings. The molecule has 1 aliphatic carbocycles. The van der Waals surface area contributed by atoms with Crippen LogP contribution in [-0.4, -0.2) is 20.0 Å². The third-order valence-electron chi connectivity index (χ3n) is 6.03. The van der Waals surface area contributed by atoms with E-state index in [0.29, 0.717) is 11.1 Å². The zero-order valence-corrected chi connectivity index (χ0v) is 15.9. The third kappa shape index (κ3) is 2.87. The summed E-state index contributed by atoms with van der Waals surface area (Å²) >= 11 is 0. The largest absolute Gasteiger partial charge is 0.350 e. The van der Waals surface area contributed by atoms with Crippen molar-refractivity contribution in [1.82, 2.24) is 5.32 Å². The normalized spacial score (nSPS) is 25.2. The number of carbonyl (C=O) groups excluding carboxylic acids is 1. The minimum atomic E-state index is -1.86. The molecule has 2 bridgehead atoms. The van der Waals surface area contributed by atoms with Gasteiger partial charge in [-0.3, -0.25) is 4.79 Å². The van der Waals surface area contributed by atoms with Crippen LogP contribution in [0.5, 0.6) is 0 Å². The molecule has 3 atom stereocenters. The van der Waals surface area contributed by atoms with E-state index in [1.54, 1.807) is 0 Å². The number of benzene rings is 2. The van der Waals surface area contributed by atoms with E-state index < -0.39 is 8.07 Å². The lowest BCUT2D eigenvalue weighted by molar-refractivity contribution is -0.122. The summed E-state index contributed by atoms with van der Waals surface area (Å²) in [5.74, 6) is 0.395. The molecule has 1 amide bonds. The predicted molar refractivity (Wildman–Crippen MR) is 105 cm³/mol. The van der Waals surface area contributed by atoms with Crippen LogP contribution in [0, 0.1) is 5.92 Å². The molecular formula is C22H25NOSi. The van der Waals surface area contributed by atoms with Crippen molar-refractivity contribution < 1.29 is 4.79 Å². The minimum Gasteiger partial charge on any atom is -0.350 e. The fraction of sp³-hybridized carbons (Fsp3) is 0.318. The maximum Gasteiger partial charge on any atom is 0.223 e. The summed E-state index contributed by atoms with van der Waals surface area (Å²) in [7, 11) is -1.86. The van der Waals surface area contributed by atoms with Gasteiger partial charge in [0, 0.05) is 17.5 Å². The third-order valence-corrected chi connectivity index (χ3v) is 10.5. The smallest absolute Gasteiger partial charge is 0.223 e. The number of fused-ring (bicyclic) bond motifs is 2. The highest BCUT2D eigenvalue weighted by Gasteiger charge is 2.49. The van der Waals surface area contributed by atoms with Gasteiger partial charge >= 0.3 is 0 Å². The summed E-state index contributed by atoms with van der Waals surface area (Å²) < 4.78 is 0. The van der Waals surface area contributed by atoms with Crippen molar-refractivity contribution in [3.63, 3.8) is 0 Å². The standard InChI is InChI=1S/C22H25NOSi/c1-25(2,20-14-13-18-15-19(20)22(24)23-18)21(16-9-5-3-6-10-16)17-11-7-4-8-12-17/h3-14,18-21H,15H2,1-2H3,(H,23,24)/t18-,19-,20-/m0/s1. The van der Waals surface area contributed by atoms with Gasteiger partial charge in [0.1, 0.15) is 0 Å². The average Bonchev–Trinajstić information content (AvgIpc) is 2.90. The topological polar surface area (TPSA) is 29.1 Å². The van der Waals surface area contributed by atoms with Crippen LogP contribution in [0.25, 0.3) is 0 Å². The zero-order chi connectivity index (χ0) is 17.4. The van der Waals surface area contributed by atoms with E-state index in [9.17, 15) is 4.79 Å². The van der Waals surface area contributed by atoms with Gasteiger partial charge in [-0.05, 0) is 23.1 Å². The molecule has 0 spiro atoms. The van der Waals surface area contributed by atoms with E-state index in [1.807, 2.05) is 0 Å². The first-order valence-corrected chi connectivity index (χ1v) is 12.3. The van der Waals surface area contributed by atoms with Crippen molar-refractivity contribution in [2.45, 2.75) is 36.6 Å². The van der Waals surface area contributed by atoms with E-state index in [0.717, 1.165) is 6.42 Å². The van der Waals surface area contributed by atoms with E-state index in [-0.39, 0.29) is 17.9 Å². The van der Waals surface area contributed by atoms with Crippen LogP contribution in [0.2, 0.25) is 18.6 Å². The van der Waals surface area contributed by atoms with Crippen LogP contribution in [0.4, 0.5) is 0 Å². The molecule has 25 heavy (non-hydrogen) atoms. The molecule has 2 aromatic rings. The van der Waals surface area contributed by atoms with Gasteiger partial charge in [0.25, 0.3) is 0 Å². The fourth-order valence-corrected chi connectivity index (χ4v) is 9.27. The molecule has 1 aliphatic heterocycles. The van der Waals surface area contributed by atoms with Crippen LogP contribution in [-0.2, 0) is 4.79 Å². The van der Waals surface area contributed by atoms with Gasteiger partial charge in [-0.2, -0.15) is 0 Å². The lowest BCUT2D eigenvalue weighted by Gasteiger charge is -2.41. The SMILES string of the molecule is C[Si](C)(C(c1ccccc1)c1ccccc1)[C@H]1C=C[C@H]2C[C@@H]1C(=O)N2. The zero-order valence-electron chi connectivity index (χ0n) is 14.9. The second-order valence-electron chi connectivity index (χ2n) is 7.94. The first-order chi connectivity index (χ1) is 12.1. The fourth-order valence-electron chi connectivity index (χ4n) is 4.86. The van der Waals surface area contributed by atoms with Crippen molar-refractivity contribution in [2.75, 3.05) is 0 Å². The summed E-state index contributed by atoms with van der Waals surface area (Å²) in [6.07, 6.45) is 5.54. The first-order valence-electron chi connectivity index (χ1n) is 9.16. The average molecular weight is 348 g/mol. The maximum atomic E-state index is 12.5. The lowest BCUT2D eigenvalue weighted by Crippen LogP contribution is -2.44. The Morgan fingerprint density at radius 3 is 2.04 bits per heavy atom. The molecule has 0 saturated carbocycles. The number of allylic oxidation sites excluding steroid dienone is 1. The molecule has 1 N–H and O–H groups in total. The van der Waals surface area contributed by atoms with E-state index >= 15 is 0 Å². The van der Waals surface area contributed by atoms with Gasteiger partial charge in [-0.1, -0.05) is 85.9 Å². The van der Waals surface area contributed by atoms with Crippen LogP contribution in [0.15, 0.2) is 72.8 Å². The van der Waals surface area contributed by atoms with Gasteiger partial charge in [-0.15, -0.1) is 0 Å². The van der Waals surface area contributed by atoms with E-state index in [4.69, 9.17) is 0 Å². The summed E-state index contributed by atoms with van der Waals surface area (Å²) in [4.78, 5) is 12.5. The lowest BCUT2D eigenvalue weighted by atomic mass is 9.95. The van der Waals surface area contributed by atoms with Crippen LogP contribution < -0.4 is 5.32 Å².